The Morgan fingerprint density at radius 1 is 1.04 bits per heavy atom. The number of rotatable bonds is 2. The first-order valence-electron chi connectivity index (χ1n) is 7.49. The van der Waals surface area contributed by atoms with Crippen LogP contribution < -0.4 is 5.73 Å². The largest absolute Gasteiger partial charge is 0.383 e. The zero-order chi connectivity index (χ0) is 16.0. The lowest BCUT2D eigenvalue weighted by Crippen LogP contribution is -1.98. The average molecular weight is 303 g/mol. The Balaban J connectivity index is 2.00. The van der Waals surface area contributed by atoms with Crippen LogP contribution in [0.1, 0.15) is 5.56 Å². The first kappa shape index (κ1) is 13.6. The first-order chi connectivity index (χ1) is 11.1. The van der Waals surface area contributed by atoms with E-state index in [0.29, 0.717) is 5.82 Å². The molecule has 0 radical (unpaired) electrons. The maximum absolute atomic E-state index is 6.29. The molecule has 5 heteroatoms. The lowest BCUT2D eigenvalue weighted by Gasteiger charge is -2.04. The highest BCUT2D eigenvalue weighted by atomic mass is 15.3. The van der Waals surface area contributed by atoms with Gasteiger partial charge in [0.05, 0.1) is 16.6 Å². The fraction of sp³-hybridized carbons (Fsp3) is 0.111. The summed E-state index contributed by atoms with van der Waals surface area (Å²) in [6.45, 7) is 2.07. The number of aromatic amines is 1. The predicted octanol–water partition coefficient (Wildman–Crippen LogP) is 3.52. The van der Waals surface area contributed by atoms with Gasteiger partial charge in [0, 0.05) is 12.6 Å². The number of nitrogens with zero attached hydrogens (tertiary/aromatic N) is 3. The molecule has 4 aromatic rings. The van der Waals surface area contributed by atoms with Crippen molar-refractivity contribution in [3.05, 3.63) is 54.1 Å². The summed E-state index contributed by atoms with van der Waals surface area (Å²) in [5.74, 6) is 1.34. The number of anilines is 1. The summed E-state index contributed by atoms with van der Waals surface area (Å²) in [5, 5.41) is 4.62. The lowest BCUT2D eigenvalue weighted by atomic mass is 10.0. The molecular weight excluding hydrogens is 286 g/mol. The normalized spacial score (nSPS) is 11.2. The van der Waals surface area contributed by atoms with Gasteiger partial charge < -0.3 is 10.7 Å². The number of nitrogen functional groups attached to an aromatic ring is 1. The summed E-state index contributed by atoms with van der Waals surface area (Å²) < 4.78 is 1.70. The van der Waals surface area contributed by atoms with Gasteiger partial charge in [0.2, 0.25) is 0 Å². The van der Waals surface area contributed by atoms with E-state index in [2.05, 4.69) is 34.1 Å². The van der Waals surface area contributed by atoms with Crippen molar-refractivity contribution in [3.63, 3.8) is 0 Å². The van der Waals surface area contributed by atoms with Gasteiger partial charge in [0.25, 0.3) is 0 Å². The molecule has 3 N–H and O–H groups in total. The molecule has 0 amide bonds. The monoisotopic (exact) mass is 303 g/mol. The van der Waals surface area contributed by atoms with Crippen LogP contribution in [-0.2, 0) is 7.05 Å². The number of hydrogen-bond acceptors (Lipinski definition) is 3. The summed E-state index contributed by atoms with van der Waals surface area (Å²) in [7, 11) is 1.85. The number of para-hydroxylation sites is 2. The van der Waals surface area contributed by atoms with E-state index in [0.717, 1.165) is 39.2 Å². The van der Waals surface area contributed by atoms with Gasteiger partial charge in [0.15, 0.2) is 0 Å². The van der Waals surface area contributed by atoms with Gasteiger partial charge in [-0.15, -0.1) is 0 Å². The van der Waals surface area contributed by atoms with Crippen molar-refractivity contribution in [2.45, 2.75) is 6.92 Å². The minimum absolute atomic E-state index is 0.599. The van der Waals surface area contributed by atoms with Gasteiger partial charge in [-0.2, -0.15) is 5.10 Å². The third-order valence-corrected chi connectivity index (χ3v) is 4.12. The number of imidazole rings is 1. The highest BCUT2D eigenvalue weighted by Gasteiger charge is 2.21. The Bertz CT molecular complexity index is 976. The van der Waals surface area contributed by atoms with Crippen molar-refractivity contribution in [3.8, 4) is 22.6 Å². The number of nitrogens with one attached hydrogen (secondary N) is 1. The van der Waals surface area contributed by atoms with E-state index < -0.39 is 0 Å². The Morgan fingerprint density at radius 2 is 1.78 bits per heavy atom. The van der Waals surface area contributed by atoms with Crippen molar-refractivity contribution in [1.82, 2.24) is 19.7 Å². The van der Waals surface area contributed by atoms with E-state index in [9.17, 15) is 0 Å². The second-order valence-corrected chi connectivity index (χ2v) is 5.65. The molecule has 4 rings (SSSR count). The van der Waals surface area contributed by atoms with Crippen LogP contribution in [0.25, 0.3) is 33.7 Å². The zero-order valence-electron chi connectivity index (χ0n) is 13.0. The van der Waals surface area contributed by atoms with Crippen LogP contribution >= 0.6 is 0 Å². The fourth-order valence-corrected chi connectivity index (χ4v) is 2.87. The van der Waals surface area contributed by atoms with Crippen LogP contribution in [-0.4, -0.2) is 19.7 Å². The van der Waals surface area contributed by atoms with E-state index in [-0.39, 0.29) is 0 Å². The molecule has 2 aromatic heterocycles. The topological polar surface area (TPSA) is 72.5 Å². The summed E-state index contributed by atoms with van der Waals surface area (Å²) in [6.07, 6.45) is 0. The van der Waals surface area contributed by atoms with Gasteiger partial charge in [-0.25, -0.2) is 4.98 Å². The van der Waals surface area contributed by atoms with Crippen molar-refractivity contribution in [1.29, 1.82) is 0 Å². The maximum Gasteiger partial charge on any atom is 0.144 e. The molecule has 0 fully saturated rings. The van der Waals surface area contributed by atoms with Crippen LogP contribution in [0.15, 0.2) is 48.5 Å². The maximum atomic E-state index is 6.29. The van der Waals surface area contributed by atoms with Crippen LogP contribution in [0.2, 0.25) is 0 Å². The van der Waals surface area contributed by atoms with Crippen molar-refractivity contribution >= 4 is 16.9 Å². The predicted molar refractivity (Wildman–Crippen MR) is 92.9 cm³/mol. The first-order valence-corrected chi connectivity index (χ1v) is 7.49. The average Bonchev–Trinajstić information content (AvgIpc) is 3.09. The molecule has 0 spiro atoms. The summed E-state index contributed by atoms with van der Waals surface area (Å²) in [4.78, 5) is 8.04. The van der Waals surface area contributed by atoms with Crippen LogP contribution in [0.3, 0.4) is 0 Å². The Labute approximate surface area is 133 Å². The standard InChI is InChI=1S/C18H17N5/c1-11-7-3-4-8-12(11)16-15(17(19)23(2)22-16)18-20-13-9-5-6-10-14(13)21-18/h3-10H,19H2,1-2H3,(H,20,21). The van der Waals surface area contributed by atoms with E-state index in [1.807, 2.05) is 43.4 Å². The van der Waals surface area contributed by atoms with Gasteiger partial charge in [-0.1, -0.05) is 36.4 Å². The second-order valence-electron chi connectivity index (χ2n) is 5.65. The molecule has 2 heterocycles. The molecule has 0 bridgehead atoms. The molecule has 0 aliphatic carbocycles. The van der Waals surface area contributed by atoms with Crippen LogP contribution in [0.4, 0.5) is 5.82 Å². The molecule has 23 heavy (non-hydrogen) atoms. The number of hydrogen-bond donors (Lipinski definition) is 2. The molecule has 114 valence electrons. The number of aromatic nitrogens is 4. The lowest BCUT2D eigenvalue weighted by molar-refractivity contribution is 0.782. The van der Waals surface area contributed by atoms with Crippen LogP contribution in [0.5, 0.6) is 0 Å². The number of fused-ring (bicyclic) bond motifs is 1. The van der Waals surface area contributed by atoms with Crippen molar-refractivity contribution in [2.75, 3.05) is 5.73 Å². The zero-order valence-corrected chi connectivity index (χ0v) is 13.0. The molecule has 0 unspecified atom stereocenters. The smallest absolute Gasteiger partial charge is 0.144 e. The molecule has 0 atom stereocenters. The summed E-state index contributed by atoms with van der Waals surface area (Å²) >= 11 is 0. The quantitative estimate of drug-likeness (QED) is 0.595. The summed E-state index contributed by atoms with van der Waals surface area (Å²) in [5.41, 5.74) is 12.1. The van der Waals surface area contributed by atoms with Crippen molar-refractivity contribution in [2.24, 2.45) is 7.05 Å². The van der Waals surface area contributed by atoms with Crippen molar-refractivity contribution < 1.29 is 0 Å². The van der Waals surface area contributed by atoms with E-state index in [1.54, 1.807) is 4.68 Å². The van der Waals surface area contributed by atoms with E-state index in [1.165, 1.54) is 0 Å². The third kappa shape index (κ3) is 2.09. The van der Waals surface area contributed by atoms with Gasteiger partial charge in [0.1, 0.15) is 17.3 Å². The molecule has 2 aromatic carbocycles. The molecule has 0 saturated heterocycles. The number of benzene rings is 2. The molecule has 5 nitrogen and oxygen atoms in total. The number of aryl methyl sites for hydroxylation is 2. The summed E-state index contributed by atoms with van der Waals surface area (Å²) in [6, 6.07) is 16.1. The van der Waals surface area contributed by atoms with Crippen LogP contribution in [0, 0.1) is 6.92 Å². The third-order valence-electron chi connectivity index (χ3n) is 4.12. The minimum Gasteiger partial charge on any atom is -0.383 e. The van der Waals surface area contributed by atoms with Gasteiger partial charge >= 0.3 is 0 Å². The van der Waals surface area contributed by atoms with Gasteiger partial charge in [-0.3, -0.25) is 4.68 Å². The van der Waals surface area contributed by atoms with E-state index >= 15 is 0 Å². The van der Waals surface area contributed by atoms with E-state index in [4.69, 9.17) is 5.73 Å². The molecule has 0 saturated carbocycles. The molecule has 0 aliphatic heterocycles. The van der Waals surface area contributed by atoms with Gasteiger partial charge in [-0.05, 0) is 24.6 Å². The highest BCUT2D eigenvalue weighted by Crippen LogP contribution is 2.36. The fourth-order valence-electron chi connectivity index (χ4n) is 2.87. The Kier molecular flexibility index (Phi) is 2.94. The molecule has 0 aliphatic rings. The molecular formula is C18H17N5. The minimum atomic E-state index is 0.599. The Morgan fingerprint density at radius 3 is 2.57 bits per heavy atom. The Hall–Kier alpha value is -3.08. The SMILES string of the molecule is Cc1ccccc1-c1nn(C)c(N)c1-c1nc2ccccc2[nH]1. The number of H-pyrrole nitrogens is 1. The number of nitrogens with two attached hydrogens (primary N) is 1. The highest BCUT2D eigenvalue weighted by molar-refractivity contribution is 5.89. The second kappa shape index (κ2) is 4.98.